The molecule has 1 unspecified atom stereocenters. The molecule has 2 rings (SSSR count). The molecule has 0 saturated carbocycles. The van der Waals surface area contributed by atoms with E-state index in [1.54, 1.807) is 58.2 Å². The van der Waals surface area contributed by atoms with Gasteiger partial charge >= 0.3 is 6.09 Å². The van der Waals surface area contributed by atoms with Crippen LogP contribution in [-0.2, 0) is 11.3 Å². The minimum absolute atomic E-state index is 0.178. The number of benzene rings is 2. The molecule has 0 radical (unpaired) electrons. The number of alkyl carbamates (subject to hydrolysis) is 1. The van der Waals surface area contributed by atoms with Crippen LogP contribution >= 0.6 is 11.6 Å². The highest BCUT2D eigenvalue weighted by atomic mass is 35.5. The van der Waals surface area contributed by atoms with Crippen LogP contribution in [0.25, 0.3) is 0 Å². The summed E-state index contributed by atoms with van der Waals surface area (Å²) in [4.78, 5) is 24.8. The smallest absolute Gasteiger partial charge is 0.407 e. The van der Waals surface area contributed by atoms with Crippen molar-refractivity contribution in [1.82, 2.24) is 10.6 Å². The Kier molecular flexibility index (Phi) is 7.51. The second-order valence-corrected chi connectivity index (χ2v) is 8.03. The summed E-state index contributed by atoms with van der Waals surface area (Å²) in [7, 11) is 1.56. The van der Waals surface area contributed by atoms with Crippen molar-refractivity contribution in [2.75, 3.05) is 7.11 Å². The summed E-state index contributed by atoms with van der Waals surface area (Å²) in [6.07, 6.45) is -0.535. The molecule has 0 aromatic heterocycles. The van der Waals surface area contributed by atoms with Gasteiger partial charge in [0.15, 0.2) is 0 Å². The van der Waals surface area contributed by atoms with Gasteiger partial charge in [-0.15, -0.1) is 0 Å². The summed E-state index contributed by atoms with van der Waals surface area (Å²) in [5.74, 6) is 0.348. The lowest BCUT2D eigenvalue weighted by molar-refractivity contribution is 0.0522. The number of carbonyl (C=O) groups excluding carboxylic acids is 2. The van der Waals surface area contributed by atoms with Gasteiger partial charge in [-0.05, 0) is 51.5 Å². The number of ether oxygens (including phenoxy) is 2. The maximum Gasteiger partial charge on any atom is 0.407 e. The van der Waals surface area contributed by atoms with Gasteiger partial charge in [0.1, 0.15) is 11.4 Å². The second-order valence-electron chi connectivity index (χ2n) is 7.59. The van der Waals surface area contributed by atoms with E-state index in [0.717, 1.165) is 5.56 Å². The Bertz CT molecular complexity index is 877. The van der Waals surface area contributed by atoms with Crippen molar-refractivity contribution >= 4 is 23.6 Å². The second kappa shape index (κ2) is 9.65. The van der Waals surface area contributed by atoms with Crippen LogP contribution < -0.4 is 15.4 Å². The largest absolute Gasteiger partial charge is 0.496 e. The molecule has 6 nitrogen and oxygen atoms in total. The van der Waals surface area contributed by atoms with Crippen molar-refractivity contribution in [3.8, 4) is 5.75 Å². The number of nitrogens with one attached hydrogen (secondary N) is 2. The van der Waals surface area contributed by atoms with Crippen LogP contribution in [0.2, 0.25) is 5.02 Å². The summed E-state index contributed by atoms with van der Waals surface area (Å²) in [6, 6.07) is 12.1. The van der Waals surface area contributed by atoms with Crippen LogP contribution in [0.1, 0.15) is 55.2 Å². The molecule has 2 amide bonds. The zero-order chi connectivity index (χ0) is 21.6. The fourth-order valence-electron chi connectivity index (χ4n) is 2.77. The Balaban J connectivity index is 2.11. The summed E-state index contributed by atoms with van der Waals surface area (Å²) in [6.45, 7) is 7.42. The monoisotopic (exact) mass is 418 g/mol. The fraction of sp³-hybridized carbons (Fsp3) is 0.364. The maximum atomic E-state index is 12.9. The van der Waals surface area contributed by atoms with E-state index in [4.69, 9.17) is 21.1 Å². The molecule has 0 saturated heterocycles. The summed E-state index contributed by atoms with van der Waals surface area (Å²) in [5, 5.41) is 6.21. The average Bonchev–Trinajstić information content (AvgIpc) is 2.64. The molecule has 0 fully saturated rings. The van der Waals surface area contributed by atoms with E-state index < -0.39 is 11.7 Å². The van der Waals surface area contributed by atoms with Crippen molar-refractivity contribution in [2.45, 2.75) is 45.9 Å². The first kappa shape index (κ1) is 22.6. The highest BCUT2D eigenvalue weighted by Gasteiger charge is 2.19. The topological polar surface area (TPSA) is 76.7 Å². The van der Waals surface area contributed by atoms with Crippen LogP contribution in [0.4, 0.5) is 4.79 Å². The normalized spacial score (nSPS) is 12.1. The van der Waals surface area contributed by atoms with Crippen molar-refractivity contribution in [3.05, 3.63) is 64.2 Å². The predicted molar refractivity (Wildman–Crippen MR) is 113 cm³/mol. The van der Waals surface area contributed by atoms with Gasteiger partial charge in [-0.3, -0.25) is 4.79 Å². The number of carbonyl (C=O) groups is 2. The first-order chi connectivity index (χ1) is 13.6. The van der Waals surface area contributed by atoms with Crippen molar-refractivity contribution in [1.29, 1.82) is 0 Å². The van der Waals surface area contributed by atoms with Gasteiger partial charge in [-0.2, -0.15) is 0 Å². The SMILES string of the molecule is COc1cc(Cl)ccc1C(C)NC(=O)c1ccccc1CNC(=O)OC(C)(C)C. The van der Waals surface area contributed by atoms with Gasteiger partial charge in [0.25, 0.3) is 5.91 Å². The molecule has 0 aliphatic rings. The van der Waals surface area contributed by atoms with E-state index in [1.165, 1.54) is 0 Å². The number of hydrogen-bond donors (Lipinski definition) is 2. The first-order valence-electron chi connectivity index (χ1n) is 9.30. The van der Waals surface area contributed by atoms with Gasteiger partial charge in [-0.1, -0.05) is 35.9 Å². The quantitative estimate of drug-likeness (QED) is 0.702. The minimum Gasteiger partial charge on any atom is -0.496 e. The van der Waals surface area contributed by atoms with E-state index >= 15 is 0 Å². The van der Waals surface area contributed by atoms with E-state index in [2.05, 4.69) is 10.6 Å². The third kappa shape index (κ3) is 6.68. The van der Waals surface area contributed by atoms with E-state index in [9.17, 15) is 9.59 Å². The van der Waals surface area contributed by atoms with Gasteiger partial charge in [0, 0.05) is 22.7 Å². The van der Waals surface area contributed by atoms with Crippen LogP contribution in [0.15, 0.2) is 42.5 Å². The molecule has 0 heterocycles. The minimum atomic E-state index is -0.589. The zero-order valence-corrected chi connectivity index (χ0v) is 18.1. The Morgan fingerprint density at radius 1 is 1.14 bits per heavy atom. The van der Waals surface area contributed by atoms with Crippen molar-refractivity contribution < 1.29 is 19.1 Å². The summed E-state index contributed by atoms with van der Waals surface area (Å²) < 4.78 is 10.6. The van der Waals surface area contributed by atoms with Crippen LogP contribution in [-0.4, -0.2) is 24.7 Å². The number of hydrogen-bond acceptors (Lipinski definition) is 4. The Hall–Kier alpha value is -2.73. The zero-order valence-electron chi connectivity index (χ0n) is 17.3. The molecule has 2 aromatic rings. The lowest BCUT2D eigenvalue weighted by Gasteiger charge is -2.20. The van der Waals surface area contributed by atoms with Gasteiger partial charge in [-0.25, -0.2) is 4.79 Å². The van der Waals surface area contributed by atoms with E-state index in [-0.39, 0.29) is 18.5 Å². The Labute approximate surface area is 176 Å². The van der Waals surface area contributed by atoms with Crippen LogP contribution in [0.5, 0.6) is 5.75 Å². The molecule has 0 aliphatic carbocycles. The molecule has 0 aliphatic heterocycles. The molecule has 2 aromatic carbocycles. The molecule has 0 bridgehead atoms. The van der Waals surface area contributed by atoms with Crippen molar-refractivity contribution in [2.24, 2.45) is 0 Å². The van der Waals surface area contributed by atoms with Gasteiger partial charge in [0.05, 0.1) is 13.2 Å². The molecule has 2 N–H and O–H groups in total. The Morgan fingerprint density at radius 3 is 2.48 bits per heavy atom. The molecule has 0 spiro atoms. The molecule has 156 valence electrons. The fourth-order valence-corrected chi connectivity index (χ4v) is 2.93. The van der Waals surface area contributed by atoms with Crippen LogP contribution in [0.3, 0.4) is 0 Å². The van der Waals surface area contributed by atoms with Gasteiger partial charge < -0.3 is 20.1 Å². The summed E-state index contributed by atoms with van der Waals surface area (Å²) in [5.41, 5.74) is 1.39. The summed E-state index contributed by atoms with van der Waals surface area (Å²) >= 11 is 6.01. The molecule has 29 heavy (non-hydrogen) atoms. The third-order valence-electron chi connectivity index (χ3n) is 4.09. The number of methoxy groups -OCH3 is 1. The highest BCUT2D eigenvalue weighted by Crippen LogP contribution is 2.28. The molecular weight excluding hydrogens is 392 g/mol. The third-order valence-corrected chi connectivity index (χ3v) is 4.33. The van der Waals surface area contributed by atoms with Gasteiger partial charge in [0.2, 0.25) is 0 Å². The van der Waals surface area contributed by atoms with Crippen LogP contribution in [0, 0.1) is 0 Å². The highest BCUT2D eigenvalue weighted by molar-refractivity contribution is 6.30. The first-order valence-corrected chi connectivity index (χ1v) is 9.67. The molecule has 7 heteroatoms. The standard InChI is InChI=1S/C22H27ClN2O4/c1-14(17-11-10-16(23)12-19(17)28-5)25-20(26)18-9-7-6-8-15(18)13-24-21(27)29-22(2,3)4/h6-12,14H,13H2,1-5H3,(H,24,27)(H,25,26). The Morgan fingerprint density at radius 2 is 1.83 bits per heavy atom. The molecular formula is C22H27ClN2O4. The maximum absolute atomic E-state index is 12.9. The average molecular weight is 419 g/mol. The van der Waals surface area contributed by atoms with E-state index in [0.29, 0.717) is 21.9 Å². The number of rotatable bonds is 6. The number of halogens is 1. The lowest BCUT2D eigenvalue weighted by Crippen LogP contribution is -2.33. The lowest BCUT2D eigenvalue weighted by atomic mass is 10.0. The number of amides is 2. The van der Waals surface area contributed by atoms with E-state index in [1.807, 2.05) is 19.1 Å². The predicted octanol–water partition coefficient (Wildman–Crippen LogP) is 4.86. The molecule has 1 atom stereocenters. The van der Waals surface area contributed by atoms with Crippen molar-refractivity contribution in [3.63, 3.8) is 0 Å².